The minimum atomic E-state index is -0.0954. The van der Waals surface area contributed by atoms with Gasteiger partial charge in [-0.1, -0.05) is 78.6 Å². The number of ether oxygens (including phenoxy) is 2. The average Bonchev–Trinajstić information content (AvgIpc) is 3.48. The van der Waals surface area contributed by atoms with Crippen LogP contribution in [-0.2, 0) is 11.2 Å². The highest BCUT2D eigenvalue weighted by Crippen LogP contribution is 2.35. The van der Waals surface area contributed by atoms with Gasteiger partial charge in [-0.25, -0.2) is 4.68 Å². The fourth-order valence-electron chi connectivity index (χ4n) is 4.14. The van der Waals surface area contributed by atoms with Crippen molar-refractivity contribution in [1.29, 1.82) is 0 Å². The molecule has 0 N–H and O–H groups in total. The molecule has 1 amide bonds. The van der Waals surface area contributed by atoms with E-state index in [0.717, 1.165) is 28.1 Å². The molecule has 4 aromatic rings. The van der Waals surface area contributed by atoms with Crippen molar-refractivity contribution in [3.05, 3.63) is 101 Å². The monoisotopic (exact) mass is 527 g/mol. The summed E-state index contributed by atoms with van der Waals surface area (Å²) in [5.41, 5.74) is 4.62. The predicted molar refractivity (Wildman–Crippen MR) is 152 cm³/mol. The van der Waals surface area contributed by atoms with Gasteiger partial charge in [0, 0.05) is 23.9 Å². The lowest BCUT2D eigenvalue weighted by Crippen LogP contribution is -2.30. The van der Waals surface area contributed by atoms with E-state index in [0.29, 0.717) is 33.7 Å². The zero-order chi connectivity index (χ0) is 25.8. The van der Waals surface area contributed by atoms with Gasteiger partial charge in [0.25, 0.3) is 5.91 Å². The second kappa shape index (κ2) is 11.0. The summed E-state index contributed by atoms with van der Waals surface area (Å²) in [5, 5.41) is 4.85. The van der Waals surface area contributed by atoms with Crippen LogP contribution in [-0.4, -0.2) is 45.7 Å². The molecule has 1 aromatic heterocycles. The minimum Gasteiger partial charge on any atom is -0.493 e. The normalized spacial score (nSPS) is 14.4. The second-order valence-electron chi connectivity index (χ2n) is 8.35. The van der Waals surface area contributed by atoms with E-state index in [1.807, 2.05) is 95.8 Å². The molecule has 37 heavy (non-hydrogen) atoms. The number of thiocarbonyl (C=S) groups is 1. The molecule has 3 aromatic carbocycles. The summed E-state index contributed by atoms with van der Waals surface area (Å²) in [4.78, 5) is 15.6. The summed E-state index contributed by atoms with van der Waals surface area (Å²) < 4.78 is 13.1. The third-order valence-corrected chi connectivity index (χ3v) is 7.42. The summed E-state index contributed by atoms with van der Waals surface area (Å²) in [6.07, 6.45) is 4.49. The highest BCUT2D eigenvalue weighted by molar-refractivity contribution is 8.26. The lowest BCUT2D eigenvalue weighted by molar-refractivity contribution is -0.122. The van der Waals surface area contributed by atoms with E-state index in [2.05, 4.69) is 0 Å². The van der Waals surface area contributed by atoms with Crippen LogP contribution in [0.3, 0.4) is 0 Å². The van der Waals surface area contributed by atoms with E-state index >= 15 is 0 Å². The van der Waals surface area contributed by atoms with Gasteiger partial charge in [0.05, 0.1) is 30.5 Å². The molecular formula is C29H25N3O3S2. The first-order valence-electron chi connectivity index (χ1n) is 11.7. The molecule has 2 heterocycles. The number of carbonyl (C=O) groups excluding carboxylic acids is 1. The first-order chi connectivity index (χ1) is 18.1. The predicted octanol–water partition coefficient (Wildman–Crippen LogP) is 6.00. The summed E-state index contributed by atoms with van der Waals surface area (Å²) in [6.45, 7) is 0.478. The Morgan fingerprint density at radius 2 is 1.65 bits per heavy atom. The summed E-state index contributed by atoms with van der Waals surface area (Å²) in [6, 6.07) is 25.7. The molecule has 0 unspecified atom stereocenters. The first-order valence-corrected chi connectivity index (χ1v) is 13.0. The maximum atomic E-state index is 13.4. The lowest BCUT2D eigenvalue weighted by atomic mass is 10.1. The van der Waals surface area contributed by atoms with Crippen LogP contribution >= 0.6 is 24.0 Å². The lowest BCUT2D eigenvalue weighted by Gasteiger charge is -2.15. The molecule has 1 aliphatic rings. The van der Waals surface area contributed by atoms with Gasteiger partial charge in [-0.3, -0.25) is 9.69 Å². The molecule has 186 valence electrons. The van der Waals surface area contributed by atoms with Crippen molar-refractivity contribution in [2.75, 3.05) is 20.8 Å². The van der Waals surface area contributed by atoms with Gasteiger partial charge >= 0.3 is 0 Å². The number of hydrogen-bond donors (Lipinski definition) is 0. The molecule has 0 spiro atoms. The Kier molecular flexibility index (Phi) is 7.39. The molecule has 0 saturated carbocycles. The topological polar surface area (TPSA) is 56.6 Å². The van der Waals surface area contributed by atoms with Crippen molar-refractivity contribution in [2.24, 2.45) is 0 Å². The summed E-state index contributed by atoms with van der Waals surface area (Å²) in [7, 11) is 3.22. The fraction of sp³-hybridized carbons (Fsp3) is 0.138. The molecule has 0 aliphatic carbocycles. The third kappa shape index (κ3) is 5.30. The molecule has 8 heteroatoms. The molecule has 0 radical (unpaired) electrons. The average molecular weight is 528 g/mol. The number of rotatable bonds is 8. The van der Waals surface area contributed by atoms with Crippen LogP contribution in [0.25, 0.3) is 23.0 Å². The van der Waals surface area contributed by atoms with Gasteiger partial charge in [0.15, 0.2) is 11.5 Å². The molecular weight excluding hydrogens is 502 g/mol. The maximum Gasteiger partial charge on any atom is 0.266 e. The Bertz CT molecular complexity index is 1470. The molecule has 0 atom stereocenters. The minimum absolute atomic E-state index is 0.0954. The molecule has 1 saturated heterocycles. The van der Waals surface area contributed by atoms with E-state index in [1.54, 1.807) is 19.1 Å². The SMILES string of the molecule is COc1ccc(CCN2C(=O)/C(=C/c3cn(-c4ccccc4)nc3-c3ccccc3)SC2=S)cc1OC. The largest absolute Gasteiger partial charge is 0.493 e. The highest BCUT2D eigenvalue weighted by Gasteiger charge is 2.32. The van der Waals surface area contributed by atoms with Gasteiger partial charge < -0.3 is 9.47 Å². The fourth-order valence-corrected chi connectivity index (χ4v) is 5.44. The van der Waals surface area contributed by atoms with Crippen LogP contribution in [0.15, 0.2) is 90.0 Å². The molecule has 6 nitrogen and oxygen atoms in total. The zero-order valence-corrected chi connectivity index (χ0v) is 22.1. The number of para-hydroxylation sites is 1. The number of carbonyl (C=O) groups is 1. The van der Waals surface area contributed by atoms with Gasteiger partial charge in [0.2, 0.25) is 0 Å². The van der Waals surface area contributed by atoms with Crippen molar-refractivity contribution in [3.63, 3.8) is 0 Å². The molecule has 0 bridgehead atoms. The Morgan fingerprint density at radius 1 is 0.946 bits per heavy atom. The zero-order valence-electron chi connectivity index (χ0n) is 20.5. The number of aromatic nitrogens is 2. The number of amides is 1. The Balaban J connectivity index is 1.41. The number of methoxy groups -OCH3 is 2. The first kappa shape index (κ1) is 24.8. The second-order valence-corrected chi connectivity index (χ2v) is 10.0. The number of thioether (sulfide) groups is 1. The van der Waals surface area contributed by atoms with Crippen molar-refractivity contribution >= 4 is 40.3 Å². The van der Waals surface area contributed by atoms with E-state index in [1.165, 1.54) is 11.8 Å². The number of hydrogen-bond acceptors (Lipinski definition) is 6. The van der Waals surface area contributed by atoms with Gasteiger partial charge in [0.1, 0.15) is 4.32 Å². The smallest absolute Gasteiger partial charge is 0.266 e. The molecule has 1 fully saturated rings. The van der Waals surface area contributed by atoms with E-state index in [-0.39, 0.29) is 5.91 Å². The number of benzene rings is 3. The van der Waals surface area contributed by atoms with E-state index in [4.69, 9.17) is 26.8 Å². The Morgan fingerprint density at radius 3 is 2.35 bits per heavy atom. The summed E-state index contributed by atoms with van der Waals surface area (Å²) >= 11 is 6.91. The van der Waals surface area contributed by atoms with Crippen LogP contribution in [0.5, 0.6) is 11.5 Å². The van der Waals surface area contributed by atoms with Crippen LogP contribution < -0.4 is 9.47 Å². The summed E-state index contributed by atoms with van der Waals surface area (Å²) in [5.74, 6) is 1.24. The highest BCUT2D eigenvalue weighted by atomic mass is 32.2. The van der Waals surface area contributed by atoms with Gasteiger partial charge in [-0.15, -0.1) is 0 Å². The van der Waals surface area contributed by atoms with Crippen molar-refractivity contribution in [2.45, 2.75) is 6.42 Å². The maximum absolute atomic E-state index is 13.4. The van der Waals surface area contributed by atoms with E-state index in [9.17, 15) is 4.79 Å². The molecule has 1 aliphatic heterocycles. The van der Waals surface area contributed by atoms with E-state index < -0.39 is 0 Å². The van der Waals surface area contributed by atoms with Crippen molar-refractivity contribution < 1.29 is 14.3 Å². The van der Waals surface area contributed by atoms with Crippen LogP contribution in [0.1, 0.15) is 11.1 Å². The van der Waals surface area contributed by atoms with Crippen molar-refractivity contribution in [1.82, 2.24) is 14.7 Å². The number of nitrogens with zero attached hydrogens (tertiary/aromatic N) is 3. The van der Waals surface area contributed by atoms with Crippen LogP contribution in [0.4, 0.5) is 0 Å². The van der Waals surface area contributed by atoms with Gasteiger partial charge in [-0.2, -0.15) is 5.10 Å². The standard InChI is InChI=1S/C29H25N3O3S2/c1-34-24-14-13-20(17-25(24)35-2)15-16-31-28(33)26(37-29(31)36)18-22-19-32(23-11-7-4-8-12-23)30-27(22)21-9-5-3-6-10-21/h3-14,17-19H,15-16H2,1-2H3/b26-18-. The molecule has 5 rings (SSSR count). The Labute approximate surface area is 225 Å². The third-order valence-electron chi connectivity index (χ3n) is 6.04. The quantitative estimate of drug-likeness (QED) is 0.207. The van der Waals surface area contributed by atoms with Crippen molar-refractivity contribution in [3.8, 4) is 28.4 Å². The van der Waals surface area contributed by atoms with Gasteiger partial charge in [-0.05, 0) is 42.3 Å². The van der Waals surface area contributed by atoms with Crippen LogP contribution in [0.2, 0.25) is 0 Å². The van der Waals surface area contributed by atoms with Crippen LogP contribution in [0, 0.1) is 0 Å². The Hall–Kier alpha value is -3.88.